The first-order valence-corrected chi connectivity index (χ1v) is 7.34. The maximum Gasteiger partial charge on any atom is 0.416 e. The predicted octanol–water partition coefficient (Wildman–Crippen LogP) is 3.69. The number of rotatable bonds is 5. The highest BCUT2D eigenvalue weighted by molar-refractivity contribution is 5.72. The minimum absolute atomic E-state index is 0.163. The molecule has 1 heterocycles. The van der Waals surface area contributed by atoms with Crippen molar-refractivity contribution in [3.05, 3.63) is 42.0 Å². The van der Waals surface area contributed by atoms with E-state index >= 15 is 0 Å². The average molecular weight is 354 g/mol. The van der Waals surface area contributed by atoms with E-state index in [0.29, 0.717) is 11.3 Å². The summed E-state index contributed by atoms with van der Waals surface area (Å²) in [6.07, 6.45) is -5.51. The van der Waals surface area contributed by atoms with Crippen LogP contribution >= 0.6 is 0 Å². The van der Waals surface area contributed by atoms with E-state index in [2.05, 4.69) is 4.98 Å². The first-order valence-electron chi connectivity index (χ1n) is 7.34. The van der Waals surface area contributed by atoms with Crippen LogP contribution in [0, 0.1) is 0 Å². The number of carboxylic acids is 1. The lowest BCUT2D eigenvalue weighted by atomic mass is 10.1. The van der Waals surface area contributed by atoms with Gasteiger partial charge in [-0.15, -0.1) is 0 Å². The van der Waals surface area contributed by atoms with Gasteiger partial charge in [-0.25, -0.2) is 9.78 Å². The van der Waals surface area contributed by atoms with Gasteiger partial charge in [-0.2, -0.15) is 13.2 Å². The number of anilines is 1. The molecule has 1 N–H and O–H groups in total. The van der Waals surface area contributed by atoms with Crippen molar-refractivity contribution < 1.29 is 27.8 Å². The van der Waals surface area contributed by atoms with E-state index in [9.17, 15) is 18.0 Å². The Morgan fingerprint density at radius 2 is 1.80 bits per heavy atom. The number of pyridine rings is 1. The smallest absolute Gasteiger partial charge is 0.416 e. The molecule has 0 bridgehead atoms. The van der Waals surface area contributed by atoms with Crippen LogP contribution in [0.5, 0.6) is 5.75 Å². The molecule has 0 saturated heterocycles. The third kappa shape index (κ3) is 4.62. The molecule has 5 nitrogen and oxygen atoms in total. The number of nitrogens with zero attached hydrogens (tertiary/aromatic N) is 2. The third-order valence-corrected chi connectivity index (χ3v) is 3.41. The fourth-order valence-electron chi connectivity index (χ4n) is 2.02. The van der Waals surface area contributed by atoms with E-state index in [-0.39, 0.29) is 11.5 Å². The maximum absolute atomic E-state index is 13.1. The van der Waals surface area contributed by atoms with E-state index in [1.165, 1.54) is 36.1 Å². The van der Waals surface area contributed by atoms with Crippen molar-refractivity contribution in [3.8, 4) is 17.0 Å². The number of carboxylic acid groups (broad SMARTS) is 1. The minimum Gasteiger partial charge on any atom is -0.479 e. The van der Waals surface area contributed by atoms with Gasteiger partial charge >= 0.3 is 12.1 Å². The van der Waals surface area contributed by atoms with E-state index < -0.39 is 23.8 Å². The van der Waals surface area contributed by atoms with Crippen LogP contribution in [0.4, 0.5) is 19.0 Å². The molecule has 0 aliphatic carbocycles. The molecule has 1 atom stereocenters. The molecule has 2 aromatic rings. The number of aromatic nitrogens is 1. The summed E-state index contributed by atoms with van der Waals surface area (Å²) in [6, 6.07) is 8.01. The molecule has 0 aliphatic rings. The van der Waals surface area contributed by atoms with Crippen molar-refractivity contribution >= 4 is 11.8 Å². The summed E-state index contributed by atoms with van der Waals surface area (Å²) in [6.45, 7) is 1.38. The van der Waals surface area contributed by atoms with Gasteiger partial charge in [0.2, 0.25) is 0 Å². The van der Waals surface area contributed by atoms with Crippen LogP contribution in [0.15, 0.2) is 36.4 Å². The summed E-state index contributed by atoms with van der Waals surface area (Å²) in [5.41, 5.74) is -0.165. The molecule has 0 amide bonds. The average Bonchev–Trinajstić information content (AvgIpc) is 2.54. The standard InChI is InChI=1S/C17H17F3N2O3/c1-10(16(23)24)25-13-6-4-11(5-7-13)14-8-12(17(18,19)20)9-15(21-14)22(2)3/h4-10H,1-3H3,(H,23,24). The van der Waals surface area contributed by atoms with Gasteiger partial charge in [0.05, 0.1) is 11.3 Å². The highest BCUT2D eigenvalue weighted by Gasteiger charge is 2.32. The van der Waals surface area contributed by atoms with Crippen LogP contribution in [0.25, 0.3) is 11.3 Å². The van der Waals surface area contributed by atoms with Crippen molar-refractivity contribution in [2.75, 3.05) is 19.0 Å². The summed E-state index contributed by atoms with van der Waals surface area (Å²) < 4.78 is 44.5. The molecule has 134 valence electrons. The van der Waals surface area contributed by atoms with E-state index in [4.69, 9.17) is 9.84 Å². The molecule has 0 radical (unpaired) electrons. The van der Waals surface area contributed by atoms with Crippen LogP contribution in [-0.2, 0) is 11.0 Å². The third-order valence-electron chi connectivity index (χ3n) is 3.41. The Morgan fingerprint density at radius 3 is 2.28 bits per heavy atom. The highest BCUT2D eigenvalue weighted by Crippen LogP contribution is 2.34. The van der Waals surface area contributed by atoms with Crippen LogP contribution in [0.3, 0.4) is 0 Å². The van der Waals surface area contributed by atoms with Crippen molar-refractivity contribution in [2.24, 2.45) is 0 Å². The molecule has 1 unspecified atom stereocenters. The summed E-state index contributed by atoms with van der Waals surface area (Å²) in [5, 5.41) is 8.82. The molecule has 1 aromatic carbocycles. The lowest BCUT2D eigenvalue weighted by Crippen LogP contribution is -2.22. The highest BCUT2D eigenvalue weighted by atomic mass is 19.4. The van der Waals surface area contributed by atoms with Gasteiger partial charge in [0.25, 0.3) is 0 Å². The minimum atomic E-state index is -4.48. The van der Waals surface area contributed by atoms with Crippen molar-refractivity contribution in [3.63, 3.8) is 0 Å². The normalized spacial score (nSPS) is 12.6. The maximum atomic E-state index is 13.1. The second kappa shape index (κ2) is 7.00. The van der Waals surface area contributed by atoms with Crippen molar-refractivity contribution in [1.29, 1.82) is 0 Å². The topological polar surface area (TPSA) is 62.7 Å². The lowest BCUT2D eigenvalue weighted by molar-refractivity contribution is -0.144. The zero-order valence-electron chi connectivity index (χ0n) is 13.8. The number of alkyl halides is 3. The molecular weight excluding hydrogens is 337 g/mol. The Balaban J connectivity index is 2.37. The molecule has 2 rings (SSSR count). The number of aliphatic carboxylic acids is 1. The first-order chi connectivity index (χ1) is 11.6. The quantitative estimate of drug-likeness (QED) is 0.887. The molecule has 8 heteroatoms. The zero-order valence-corrected chi connectivity index (χ0v) is 13.8. The van der Waals surface area contributed by atoms with Gasteiger partial charge < -0.3 is 14.7 Å². The van der Waals surface area contributed by atoms with Crippen LogP contribution in [0.2, 0.25) is 0 Å². The monoisotopic (exact) mass is 354 g/mol. The molecular formula is C17H17F3N2O3. The van der Waals surface area contributed by atoms with Crippen molar-refractivity contribution in [2.45, 2.75) is 19.2 Å². The number of hydrogen-bond acceptors (Lipinski definition) is 4. The predicted molar refractivity (Wildman–Crippen MR) is 86.7 cm³/mol. The second-order valence-corrected chi connectivity index (χ2v) is 5.61. The van der Waals surface area contributed by atoms with Crippen LogP contribution in [-0.4, -0.2) is 36.3 Å². The molecule has 0 fully saturated rings. The van der Waals surface area contributed by atoms with Gasteiger partial charge in [0, 0.05) is 19.7 Å². The van der Waals surface area contributed by atoms with E-state index in [1.54, 1.807) is 14.1 Å². The fraction of sp³-hybridized carbons (Fsp3) is 0.294. The van der Waals surface area contributed by atoms with Gasteiger partial charge in [-0.05, 0) is 43.3 Å². The molecule has 1 aromatic heterocycles. The van der Waals surface area contributed by atoms with Crippen LogP contribution in [0.1, 0.15) is 12.5 Å². The SMILES string of the molecule is CC(Oc1ccc(-c2cc(C(F)(F)F)cc(N(C)C)n2)cc1)C(=O)O. The van der Waals surface area contributed by atoms with Gasteiger partial charge in [0.15, 0.2) is 6.10 Å². The summed E-state index contributed by atoms with van der Waals surface area (Å²) in [5.74, 6) is -0.623. The van der Waals surface area contributed by atoms with Crippen LogP contribution < -0.4 is 9.64 Å². The Bertz CT molecular complexity index is 759. The summed E-state index contributed by atoms with van der Waals surface area (Å²) >= 11 is 0. The zero-order chi connectivity index (χ0) is 18.8. The first kappa shape index (κ1) is 18.6. The van der Waals surface area contributed by atoms with Crippen molar-refractivity contribution in [1.82, 2.24) is 4.98 Å². The summed E-state index contributed by atoms with van der Waals surface area (Å²) in [4.78, 5) is 16.5. The lowest BCUT2D eigenvalue weighted by Gasteiger charge is -2.16. The molecule has 25 heavy (non-hydrogen) atoms. The fourth-order valence-corrected chi connectivity index (χ4v) is 2.02. The van der Waals surface area contributed by atoms with Gasteiger partial charge in [-0.1, -0.05) is 0 Å². The summed E-state index contributed by atoms with van der Waals surface area (Å²) in [7, 11) is 3.22. The van der Waals surface area contributed by atoms with E-state index in [0.717, 1.165) is 12.1 Å². The number of ether oxygens (including phenoxy) is 1. The Labute approximate surface area is 142 Å². The Morgan fingerprint density at radius 1 is 1.20 bits per heavy atom. The van der Waals surface area contributed by atoms with E-state index in [1.807, 2.05) is 0 Å². The number of benzene rings is 1. The van der Waals surface area contributed by atoms with Gasteiger partial charge in [-0.3, -0.25) is 0 Å². The number of halogens is 3. The molecule has 0 spiro atoms. The number of hydrogen-bond donors (Lipinski definition) is 1. The Kier molecular flexibility index (Phi) is 5.20. The second-order valence-electron chi connectivity index (χ2n) is 5.61. The molecule has 0 aliphatic heterocycles. The number of carbonyl (C=O) groups is 1. The molecule has 0 saturated carbocycles. The van der Waals surface area contributed by atoms with Gasteiger partial charge in [0.1, 0.15) is 11.6 Å². The largest absolute Gasteiger partial charge is 0.479 e. The Hall–Kier alpha value is -2.77.